The van der Waals surface area contributed by atoms with Gasteiger partial charge in [-0.2, -0.15) is 0 Å². The van der Waals surface area contributed by atoms with Gasteiger partial charge in [0.15, 0.2) is 0 Å². The average molecular weight is 265 g/mol. The Balaban J connectivity index is 2.27. The Kier molecular flexibility index (Phi) is 7.39. The summed E-state index contributed by atoms with van der Waals surface area (Å²) in [6.45, 7) is 6.06. The molecule has 19 heavy (non-hydrogen) atoms. The molecule has 0 aliphatic heterocycles. The Hall–Kier alpha value is -1.78. The normalized spacial score (nSPS) is 10.0. The van der Waals surface area contributed by atoms with Crippen LogP contribution in [0.4, 0.5) is 11.4 Å². The lowest BCUT2D eigenvalue weighted by Crippen LogP contribution is -2.08. The van der Waals surface area contributed by atoms with Gasteiger partial charge in [0.05, 0.1) is 30.4 Å². The lowest BCUT2D eigenvalue weighted by Gasteiger charge is -2.09. The van der Waals surface area contributed by atoms with Crippen molar-refractivity contribution in [2.24, 2.45) is 0 Å². The van der Waals surface area contributed by atoms with E-state index in [4.69, 9.17) is 4.74 Å². The highest BCUT2D eigenvalue weighted by molar-refractivity contribution is 5.69. The molecule has 1 rings (SSSR count). The van der Waals surface area contributed by atoms with E-state index in [-0.39, 0.29) is 5.97 Å². The SMILES string of the molecule is CCCNc1cncc(NCCCC(=O)OCC)c1. The second-order valence-electron chi connectivity index (χ2n) is 4.22. The van der Waals surface area contributed by atoms with Gasteiger partial charge in [-0.1, -0.05) is 6.92 Å². The Labute approximate surface area is 114 Å². The highest BCUT2D eigenvalue weighted by Gasteiger charge is 2.01. The Morgan fingerprint density at radius 1 is 1.21 bits per heavy atom. The van der Waals surface area contributed by atoms with Crippen LogP contribution in [0.1, 0.15) is 33.1 Å². The van der Waals surface area contributed by atoms with Gasteiger partial charge >= 0.3 is 5.97 Å². The topological polar surface area (TPSA) is 63.2 Å². The average Bonchev–Trinajstić information content (AvgIpc) is 2.42. The highest BCUT2D eigenvalue weighted by atomic mass is 16.5. The standard InChI is InChI=1S/C14H23N3O2/c1-3-7-16-12-9-13(11-15-10-12)17-8-5-6-14(18)19-4-2/h9-11,16-17H,3-8H2,1-2H3. The molecule has 0 radical (unpaired) electrons. The number of aromatic nitrogens is 1. The van der Waals surface area contributed by atoms with E-state index < -0.39 is 0 Å². The third-order valence-corrected chi connectivity index (χ3v) is 2.51. The maximum atomic E-state index is 11.2. The first-order chi connectivity index (χ1) is 9.26. The number of hydrogen-bond donors (Lipinski definition) is 2. The second kappa shape index (κ2) is 9.19. The van der Waals surface area contributed by atoms with Crippen LogP contribution in [0.3, 0.4) is 0 Å². The van der Waals surface area contributed by atoms with Crippen LogP contribution in [0.25, 0.3) is 0 Å². The number of nitrogens with one attached hydrogen (secondary N) is 2. The van der Waals surface area contributed by atoms with Crippen molar-refractivity contribution in [2.45, 2.75) is 33.1 Å². The molecular formula is C14H23N3O2. The van der Waals surface area contributed by atoms with Crippen LogP contribution in [0.15, 0.2) is 18.5 Å². The molecule has 0 aliphatic carbocycles. The number of anilines is 2. The number of pyridine rings is 1. The van der Waals surface area contributed by atoms with E-state index in [0.29, 0.717) is 13.0 Å². The number of carbonyl (C=O) groups excluding carboxylic acids is 1. The quantitative estimate of drug-likeness (QED) is 0.531. The van der Waals surface area contributed by atoms with Crippen molar-refractivity contribution in [2.75, 3.05) is 30.3 Å². The third-order valence-electron chi connectivity index (χ3n) is 2.51. The van der Waals surface area contributed by atoms with Crippen LogP contribution >= 0.6 is 0 Å². The van der Waals surface area contributed by atoms with E-state index >= 15 is 0 Å². The van der Waals surface area contributed by atoms with Gasteiger partial charge in [0.25, 0.3) is 0 Å². The molecule has 0 saturated carbocycles. The molecule has 0 spiro atoms. The first kappa shape index (κ1) is 15.3. The number of carbonyl (C=O) groups is 1. The highest BCUT2D eigenvalue weighted by Crippen LogP contribution is 2.12. The fourth-order valence-electron chi connectivity index (χ4n) is 1.60. The van der Waals surface area contributed by atoms with Crippen molar-refractivity contribution in [1.29, 1.82) is 0 Å². The van der Waals surface area contributed by atoms with Crippen LogP contribution in [-0.2, 0) is 9.53 Å². The molecule has 1 aromatic heterocycles. The zero-order valence-electron chi connectivity index (χ0n) is 11.7. The molecule has 1 aromatic rings. The van der Waals surface area contributed by atoms with Gasteiger partial charge < -0.3 is 15.4 Å². The number of ether oxygens (including phenoxy) is 1. The second-order valence-corrected chi connectivity index (χ2v) is 4.22. The van der Waals surface area contributed by atoms with Crippen molar-refractivity contribution < 1.29 is 9.53 Å². The zero-order chi connectivity index (χ0) is 13.9. The maximum Gasteiger partial charge on any atom is 0.305 e. The van der Waals surface area contributed by atoms with E-state index in [0.717, 1.165) is 37.3 Å². The summed E-state index contributed by atoms with van der Waals surface area (Å²) in [6.07, 6.45) is 5.87. The molecule has 0 aromatic carbocycles. The van der Waals surface area contributed by atoms with E-state index in [9.17, 15) is 4.79 Å². The van der Waals surface area contributed by atoms with E-state index in [1.165, 1.54) is 0 Å². The number of rotatable bonds is 9. The smallest absolute Gasteiger partial charge is 0.305 e. The molecular weight excluding hydrogens is 242 g/mol. The molecule has 106 valence electrons. The maximum absolute atomic E-state index is 11.2. The molecule has 5 heteroatoms. The minimum Gasteiger partial charge on any atom is -0.466 e. The summed E-state index contributed by atoms with van der Waals surface area (Å²) < 4.78 is 4.87. The van der Waals surface area contributed by atoms with Gasteiger partial charge in [0.1, 0.15) is 0 Å². The van der Waals surface area contributed by atoms with Crippen molar-refractivity contribution in [3.63, 3.8) is 0 Å². The van der Waals surface area contributed by atoms with Gasteiger partial charge in [-0.25, -0.2) is 0 Å². The van der Waals surface area contributed by atoms with Crippen LogP contribution in [0.2, 0.25) is 0 Å². The van der Waals surface area contributed by atoms with Crippen molar-refractivity contribution in [3.8, 4) is 0 Å². The van der Waals surface area contributed by atoms with Gasteiger partial charge in [-0.15, -0.1) is 0 Å². The third kappa shape index (κ3) is 6.64. The van der Waals surface area contributed by atoms with Crippen LogP contribution in [-0.4, -0.2) is 30.6 Å². The molecule has 0 unspecified atom stereocenters. The van der Waals surface area contributed by atoms with Crippen LogP contribution < -0.4 is 10.6 Å². The van der Waals surface area contributed by atoms with Gasteiger partial charge in [0.2, 0.25) is 0 Å². The minimum absolute atomic E-state index is 0.138. The summed E-state index contributed by atoms with van der Waals surface area (Å²) >= 11 is 0. The first-order valence-electron chi connectivity index (χ1n) is 6.84. The molecule has 0 fully saturated rings. The first-order valence-corrected chi connectivity index (χ1v) is 6.84. The minimum atomic E-state index is -0.138. The summed E-state index contributed by atoms with van der Waals surface area (Å²) in [4.78, 5) is 15.3. The molecule has 0 atom stereocenters. The molecule has 5 nitrogen and oxygen atoms in total. The largest absolute Gasteiger partial charge is 0.466 e. The van der Waals surface area contributed by atoms with Crippen LogP contribution in [0.5, 0.6) is 0 Å². The number of esters is 1. The van der Waals surface area contributed by atoms with Crippen molar-refractivity contribution in [3.05, 3.63) is 18.5 Å². The summed E-state index contributed by atoms with van der Waals surface area (Å²) in [6, 6.07) is 2.02. The lowest BCUT2D eigenvalue weighted by molar-refractivity contribution is -0.143. The van der Waals surface area contributed by atoms with Gasteiger partial charge in [0, 0.05) is 19.5 Å². The van der Waals surface area contributed by atoms with Crippen molar-refractivity contribution >= 4 is 17.3 Å². The summed E-state index contributed by atoms with van der Waals surface area (Å²) in [5, 5.41) is 6.53. The Bertz CT molecular complexity index is 383. The van der Waals surface area contributed by atoms with E-state index in [2.05, 4.69) is 22.5 Å². The summed E-state index contributed by atoms with van der Waals surface area (Å²) in [5.74, 6) is -0.138. The predicted molar refractivity (Wildman–Crippen MR) is 77.4 cm³/mol. The van der Waals surface area contributed by atoms with E-state index in [1.807, 2.05) is 13.0 Å². The lowest BCUT2D eigenvalue weighted by atomic mass is 10.3. The van der Waals surface area contributed by atoms with Gasteiger partial charge in [-0.05, 0) is 25.8 Å². The molecule has 0 bridgehead atoms. The van der Waals surface area contributed by atoms with Gasteiger partial charge in [-0.3, -0.25) is 9.78 Å². The number of hydrogen-bond acceptors (Lipinski definition) is 5. The Morgan fingerprint density at radius 3 is 2.53 bits per heavy atom. The molecule has 2 N–H and O–H groups in total. The predicted octanol–water partition coefficient (Wildman–Crippen LogP) is 2.66. The fourth-order valence-corrected chi connectivity index (χ4v) is 1.60. The molecule has 0 aliphatic rings. The van der Waals surface area contributed by atoms with Crippen LogP contribution in [0, 0.1) is 0 Å². The van der Waals surface area contributed by atoms with E-state index in [1.54, 1.807) is 12.4 Å². The fraction of sp³-hybridized carbons (Fsp3) is 0.571. The Morgan fingerprint density at radius 2 is 1.89 bits per heavy atom. The monoisotopic (exact) mass is 265 g/mol. The summed E-state index contributed by atoms with van der Waals surface area (Å²) in [5.41, 5.74) is 1.97. The molecule has 1 heterocycles. The number of nitrogens with zero attached hydrogens (tertiary/aromatic N) is 1. The van der Waals surface area contributed by atoms with Crippen molar-refractivity contribution in [1.82, 2.24) is 4.98 Å². The summed E-state index contributed by atoms with van der Waals surface area (Å²) in [7, 11) is 0. The molecule has 0 saturated heterocycles. The zero-order valence-corrected chi connectivity index (χ0v) is 11.7. The molecule has 0 amide bonds.